The Morgan fingerprint density at radius 1 is 1.35 bits per heavy atom. The van der Waals surface area contributed by atoms with Gasteiger partial charge in [-0.05, 0) is 67.4 Å². The molecule has 3 N–H and O–H groups in total. The highest BCUT2D eigenvalue weighted by atomic mass is 16.6. The summed E-state index contributed by atoms with van der Waals surface area (Å²) in [4.78, 5) is 16.8. The Morgan fingerprint density at radius 3 is 2.96 bits per heavy atom. The van der Waals surface area contributed by atoms with E-state index in [0.29, 0.717) is 30.3 Å². The highest BCUT2D eigenvalue weighted by Crippen LogP contribution is 2.62. The Balaban J connectivity index is 1.68. The van der Waals surface area contributed by atoms with Crippen molar-refractivity contribution in [3.63, 3.8) is 0 Å². The summed E-state index contributed by atoms with van der Waals surface area (Å²) in [6, 6.07) is 0. The minimum Gasteiger partial charge on any atom is -0.393 e. The number of carbonyl (C=O) groups is 1. The second kappa shape index (κ2) is 5.54. The van der Waals surface area contributed by atoms with Crippen LogP contribution in [0.25, 0.3) is 0 Å². The molecule has 0 aromatic rings. The van der Waals surface area contributed by atoms with E-state index in [-0.39, 0.29) is 23.2 Å². The van der Waals surface area contributed by atoms with Crippen LogP contribution in [0.5, 0.6) is 0 Å². The van der Waals surface area contributed by atoms with Crippen molar-refractivity contribution in [2.75, 3.05) is 6.61 Å². The molecule has 0 aromatic heterocycles. The zero-order chi connectivity index (χ0) is 16.2. The lowest BCUT2D eigenvalue weighted by atomic mass is 9.51. The van der Waals surface area contributed by atoms with E-state index in [9.17, 15) is 9.90 Å². The molecule has 4 rings (SSSR count). The van der Waals surface area contributed by atoms with Gasteiger partial charge in [-0.2, -0.15) is 0 Å². The molecule has 0 spiro atoms. The van der Waals surface area contributed by atoms with Crippen molar-refractivity contribution in [1.82, 2.24) is 0 Å². The Morgan fingerprint density at radius 2 is 2.17 bits per heavy atom. The number of hydrogen-bond donors (Lipinski definition) is 2. The van der Waals surface area contributed by atoms with Crippen molar-refractivity contribution in [2.45, 2.75) is 45.1 Å². The second-order valence-electron chi connectivity index (χ2n) is 8.27. The first kappa shape index (κ1) is 15.6. The first-order valence-corrected chi connectivity index (χ1v) is 8.98. The summed E-state index contributed by atoms with van der Waals surface area (Å²) < 4.78 is 0. The summed E-state index contributed by atoms with van der Waals surface area (Å²) in [5.41, 5.74) is 1.30. The monoisotopic (exact) mass is 317 g/mol. The van der Waals surface area contributed by atoms with Crippen LogP contribution >= 0.6 is 0 Å². The summed E-state index contributed by atoms with van der Waals surface area (Å²) in [5, 5.41) is 10.5. The number of carbonyl (C=O) groups excluding carboxylic acids is 1. The largest absolute Gasteiger partial charge is 0.393 e. The van der Waals surface area contributed by atoms with Crippen LogP contribution in [-0.2, 0) is 9.63 Å². The van der Waals surface area contributed by atoms with Crippen molar-refractivity contribution in [2.24, 2.45) is 40.9 Å². The third kappa shape index (κ3) is 2.26. The number of nitrogens with two attached hydrogens (primary N) is 1. The van der Waals surface area contributed by atoms with Gasteiger partial charge >= 0.3 is 0 Å². The molecule has 0 amide bonds. The Hall–Kier alpha value is -0.970. The molecule has 4 aliphatic carbocycles. The van der Waals surface area contributed by atoms with E-state index in [1.807, 2.05) is 6.08 Å². The van der Waals surface area contributed by atoms with E-state index in [1.54, 1.807) is 6.08 Å². The van der Waals surface area contributed by atoms with Crippen LogP contribution in [0.2, 0.25) is 0 Å². The average Bonchev–Trinajstić information content (AvgIpc) is 2.83. The molecule has 0 bridgehead atoms. The van der Waals surface area contributed by atoms with Crippen LogP contribution in [0.4, 0.5) is 0 Å². The molecule has 4 heteroatoms. The van der Waals surface area contributed by atoms with E-state index in [1.165, 1.54) is 5.57 Å². The fraction of sp³-hybridized carbons (Fsp3) is 0.737. The van der Waals surface area contributed by atoms with Crippen molar-refractivity contribution in [3.05, 3.63) is 23.8 Å². The summed E-state index contributed by atoms with van der Waals surface area (Å²) in [6.45, 7) is 2.77. The van der Waals surface area contributed by atoms with Crippen LogP contribution in [0.1, 0.15) is 39.0 Å². The molecular weight excluding hydrogens is 290 g/mol. The van der Waals surface area contributed by atoms with Crippen molar-refractivity contribution >= 4 is 5.78 Å². The lowest BCUT2D eigenvalue weighted by molar-refractivity contribution is -0.111. The number of hydrogen-bond acceptors (Lipinski definition) is 4. The molecule has 7 atom stereocenters. The van der Waals surface area contributed by atoms with E-state index < -0.39 is 0 Å². The van der Waals surface area contributed by atoms with Gasteiger partial charge in [0.2, 0.25) is 0 Å². The Kier molecular flexibility index (Phi) is 3.74. The maximum Gasteiger partial charge on any atom is 0.178 e. The van der Waals surface area contributed by atoms with Crippen molar-refractivity contribution < 1.29 is 14.7 Å². The zero-order valence-corrected chi connectivity index (χ0v) is 13.8. The molecular formula is C19H27NO3. The van der Waals surface area contributed by atoms with Crippen LogP contribution < -0.4 is 5.90 Å². The molecule has 4 nitrogen and oxygen atoms in total. The normalized spacial score (nSPS) is 48.5. The third-order valence-corrected chi connectivity index (χ3v) is 7.39. The van der Waals surface area contributed by atoms with Crippen LogP contribution in [-0.4, -0.2) is 23.6 Å². The molecule has 23 heavy (non-hydrogen) atoms. The molecule has 0 saturated heterocycles. The quantitative estimate of drug-likeness (QED) is 0.767. The highest BCUT2D eigenvalue weighted by Gasteiger charge is 2.56. The molecule has 3 unspecified atom stereocenters. The smallest absolute Gasteiger partial charge is 0.178 e. The van der Waals surface area contributed by atoms with Gasteiger partial charge in [-0.25, -0.2) is 5.90 Å². The molecule has 126 valence electrons. The van der Waals surface area contributed by atoms with E-state index in [4.69, 9.17) is 10.7 Å². The lowest BCUT2D eigenvalue weighted by Crippen LogP contribution is -2.49. The summed E-state index contributed by atoms with van der Waals surface area (Å²) in [5.74, 6) is 7.84. The number of aliphatic hydroxyl groups excluding tert-OH is 1. The lowest BCUT2D eigenvalue weighted by Gasteiger charge is -2.54. The molecule has 0 radical (unpaired) electrons. The highest BCUT2D eigenvalue weighted by molar-refractivity contribution is 6.01. The predicted octanol–water partition coefficient (Wildman–Crippen LogP) is 2.38. The topological polar surface area (TPSA) is 72.5 Å². The first-order valence-electron chi connectivity index (χ1n) is 8.98. The van der Waals surface area contributed by atoms with E-state index in [0.717, 1.165) is 32.1 Å². The fourth-order valence-corrected chi connectivity index (χ4v) is 6.22. The molecule has 3 saturated carbocycles. The van der Waals surface area contributed by atoms with Gasteiger partial charge in [-0.1, -0.05) is 18.6 Å². The second-order valence-corrected chi connectivity index (χ2v) is 8.27. The molecule has 0 aromatic carbocycles. The summed E-state index contributed by atoms with van der Waals surface area (Å²) >= 11 is 0. The van der Waals surface area contributed by atoms with Crippen molar-refractivity contribution in [3.8, 4) is 0 Å². The van der Waals surface area contributed by atoms with Gasteiger partial charge in [0.15, 0.2) is 5.78 Å². The Labute approximate surface area is 137 Å². The van der Waals surface area contributed by atoms with Gasteiger partial charge in [0.05, 0.1) is 12.7 Å². The van der Waals surface area contributed by atoms with Gasteiger partial charge in [-0.3, -0.25) is 4.79 Å². The first-order chi connectivity index (χ1) is 11.0. The Bertz CT molecular complexity index is 569. The van der Waals surface area contributed by atoms with E-state index >= 15 is 0 Å². The van der Waals surface area contributed by atoms with Gasteiger partial charge in [0.1, 0.15) is 0 Å². The molecule has 4 aliphatic rings. The molecule has 3 fully saturated rings. The van der Waals surface area contributed by atoms with Crippen LogP contribution in [0.3, 0.4) is 0 Å². The zero-order valence-electron chi connectivity index (χ0n) is 13.8. The maximum absolute atomic E-state index is 11.8. The summed E-state index contributed by atoms with van der Waals surface area (Å²) in [6.07, 6.45) is 10.9. The minimum absolute atomic E-state index is 0.0741. The number of aliphatic hydroxyl groups is 1. The SMILES string of the molecule is C[C@]12CC[C@@H]3C4C=CC(=O)C=C4C(CON)C[C@H]3[C@@H]1CCC2O. The van der Waals surface area contributed by atoms with Crippen molar-refractivity contribution in [1.29, 1.82) is 0 Å². The van der Waals surface area contributed by atoms with Crippen LogP contribution in [0, 0.1) is 35.0 Å². The predicted molar refractivity (Wildman–Crippen MR) is 87.0 cm³/mol. The summed E-state index contributed by atoms with van der Waals surface area (Å²) in [7, 11) is 0. The van der Waals surface area contributed by atoms with Gasteiger partial charge < -0.3 is 9.94 Å². The third-order valence-electron chi connectivity index (χ3n) is 7.39. The number of rotatable bonds is 2. The van der Waals surface area contributed by atoms with E-state index in [2.05, 4.69) is 13.0 Å². The molecule has 0 aliphatic heterocycles. The van der Waals surface area contributed by atoms with Crippen LogP contribution in [0.15, 0.2) is 23.8 Å². The van der Waals surface area contributed by atoms with Gasteiger partial charge in [0, 0.05) is 11.8 Å². The maximum atomic E-state index is 11.8. The minimum atomic E-state index is -0.155. The number of allylic oxidation sites excluding steroid dienone is 3. The standard InChI is InChI=1S/C19H27NO3/c1-19-7-6-14-13-3-2-12(21)9-15(13)11(10-23-20)8-16(14)17(19)4-5-18(19)22/h2-3,9,11,13-14,16-18,22H,4-8,10,20H2,1H3/t11?,13?,14-,16-,17+,18?,19+/m1/s1. The van der Waals surface area contributed by atoms with Gasteiger partial charge in [0.25, 0.3) is 0 Å². The molecule has 0 heterocycles. The number of ketones is 1. The van der Waals surface area contributed by atoms with Gasteiger partial charge in [-0.15, -0.1) is 0 Å². The number of fused-ring (bicyclic) bond motifs is 5. The fourth-order valence-electron chi connectivity index (χ4n) is 6.22. The average molecular weight is 317 g/mol.